The highest BCUT2D eigenvalue weighted by atomic mass is 16.5. The van der Waals surface area contributed by atoms with Crippen LogP contribution in [0.5, 0.6) is 0 Å². The molecule has 0 fully saturated rings. The molecule has 1 aromatic rings. The summed E-state index contributed by atoms with van der Waals surface area (Å²) >= 11 is 0. The van der Waals surface area contributed by atoms with Crippen LogP contribution in [-0.2, 0) is 4.74 Å². The van der Waals surface area contributed by atoms with Gasteiger partial charge in [0, 0.05) is 18.8 Å². The summed E-state index contributed by atoms with van der Waals surface area (Å²) in [5.74, 6) is -0.352. The van der Waals surface area contributed by atoms with Crippen molar-refractivity contribution < 1.29 is 9.53 Å². The molecule has 0 saturated carbocycles. The molecule has 0 aliphatic carbocycles. The Morgan fingerprint density at radius 2 is 2.00 bits per heavy atom. The van der Waals surface area contributed by atoms with E-state index in [4.69, 9.17) is 10.5 Å². The fourth-order valence-electron chi connectivity index (χ4n) is 2.17. The molecule has 0 heterocycles. The summed E-state index contributed by atoms with van der Waals surface area (Å²) in [5.41, 5.74) is 7.69. The fraction of sp³-hybridized carbons (Fsp3) is 0.500. The highest BCUT2D eigenvalue weighted by Crippen LogP contribution is 2.26. The maximum absolute atomic E-state index is 11.8. The lowest BCUT2D eigenvalue weighted by Crippen LogP contribution is -2.31. The molecule has 4 nitrogen and oxygen atoms in total. The summed E-state index contributed by atoms with van der Waals surface area (Å²) in [6.07, 6.45) is 2.05. The van der Waals surface area contributed by atoms with Gasteiger partial charge < -0.3 is 15.4 Å². The molecule has 1 aromatic carbocycles. The van der Waals surface area contributed by atoms with Gasteiger partial charge >= 0.3 is 5.97 Å². The van der Waals surface area contributed by atoms with Crippen molar-refractivity contribution in [1.29, 1.82) is 0 Å². The monoisotopic (exact) mass is 250 g/mol. The van der Waals surface area contributed by atoms with Crippen molar-refractivity contribution in [2.45, 2.75) is 32.7 Å². The lowest BCUT2D eigenvalue weighted by molar-refractivity contribution is 0.0601. The quantitative estimate of drug-likeness (QED) is 0.645. The number of nitrogens with two attached hydrogens (primary N) is 1. The average molecular weight is 250 g/mol. The van der Waals surface area contributed by atoms with E-state index < -0.39 is 0 Å². The molecule has 0 bridgehead atoms. The first kappa shape index (κ1) is 14.4. The number of hydrogen-bond acceptors (Lipinski definition) is 4. The predicted octanol–water partition coefficient (Wildman–Crippen LogP) is 2.68. The first-order valence-electron chi connectivity index (χ1n) is 6.25. The second kappa shape index (κ2) is 6.28. The first-order chi connectivity index (χ1) is 8.54. The summed E-state index contributed by atoms with van der Waals surface area (Å²) in [5, 5.41) is 0. The molecule has 100 valence electrons. The molecule has 0 unspecified atom stereocenters. The van der Waals surface area contributed by atoms with Gasteiger partial charge in [-0.15, -0.1) is 0 Å². The summed E-state index contributed by atoms with van der Waals surface area (Å²) in [4.78, 5) is 13.9. The SMILES string of the molecule is CCC(CC)N(C)c1ccc(N)cc1C(=O)OC. The van der Waals surface area contributed by atoms with Crippen molar-refractivity contribution in [3.63, 3.8) is 0 Å². The molecule has 0 saturated heterocycles. The number of nitrogens with zero attached hydrogens (tertiary/aromatic N) is 1. The Balaban J connectivity index is 3.18. The summed E-state index contributed by atoms with van der Waals surface area (Å²) in [6.45, 7) is 4.28. The Bertz CT molecular complexity index is 414. The molecular formula is C14H22N2O2. The zero-order valence-corrected chi connectivity index (χ0v) is 11.6. The zero-order valence-electron chi connectivity index (χ0n) is 11.6. The smallest absolute Gasteiger partial charge is 0.340 e. The van der Waals surface area contributed by atoms with Crippen LogP contribution in [0.25, 0.3) is 0 Å². The van der Waals surface area contributed by atoms with Crippen LogP contribution < -0.4 is 10.6 Å². The molecule has 0 atom stereocenters. The predicted molar refractivity (Wildman–Crippen MR) is 75.0 cm³/mol. The van der Waals surface area contributed by atoms with Crippen LogP contribution in [0.1, 0.15) is 37.0 Å². The number of benzene rings is 1. The number of nitrogen functional groups attached to an aromatic ring is 1. The molecule has 0 radical (unpaired) electrons. The van der Waals surface area contributed by atoms with E-state index in [0.29, 0.717) is 17.3 Å². The second-order valence-electron chi connectivity index (χ2n) is 4.35. The third kappa shape index (κ3) is 2.94. The van der Waals surface area contributed by atoms with Gasteiger partial charge in [-0.3, -0.25) is 0 Å². The summed E-state index contributed by atoms with van der Waals surface area (Å²) < 4.78 is 4.81. The van der Waals surface area contributed by atoms with Crippen LogP contribution in [0.2, 0.25) is 0 Å². The van der Waals surface area contributed by atoms with Gasteiger partial charge in [0.15, 0.2) is 0 Å². The van der Waals surface area contributed by atoms with Gasteiger partial charge in [-0.1, -0.05) is 13.8 Å². The van der Waals surface area contributed by atoms with Crippen LogP contribution >= 0.6 is 0 Å². The molecule has 4 heteroatoms. The Morgan fingerprint density at radius 3 is 2.50 bits per heavy atom. The molecule has 0 aliphatic heterocycles. The molecule has 0 amide bonds. The Kier molecular flexibility index (Phi) is 5.01. The largest absolute Gasteiger partial charge is 0.465 e. The van der Waals surface area contributed by atoms with Gasteiger partial charge in [0.1, 0.15) is 0 Å². The van der Waals surface area contributed by atoms with Gasteiger partial charge in [-0.25, -0.2) is 4.79 Å². The summed E-state index contributed by atoms with van der Waals surface area (Å²) in [7, 11) is 3.38. The number of methoxy groups -OCH3 is 1. The first-order valence-corrected chi connectivity index (χ1v) is 6.25. The number of rotatable bonds is 5. The van der Waals surface area contributed by atoms with Crippen molar-refractivity contribution in [1.82, 2.24) is 0 Å². The zero-order chi connectivity index (χ0) is 13.7. The summed E-state index contributed by atoms with van der Waals surface area (Å²) in [6, 6.07) is 5.75. The number of ether oxygens (including phenoxy) is 1. The average Bonchev–Trinajstić information content (AvgIpc) is 2.38. The number of esters is 1. The van der Waals surface area contributed by atoms with E-state index in [2.05, 4.69) is 18.7 Å². The molecule has 0 spiro atoms. The van der Waals surface area contributed by atoms with Gasteiger partial charge in [0.2, 0.25) is 0 Å². The number of hydrogen-bond donors (Lipinski definition) is 1. The van der Waals surface area contributed by atoms with Crippen LogP contribution in [0.4, 0.5) is 11.4 Å². The maximum atomic E-state index is 11.8. The Morgan fingerprint density at radius 1 is 1.39 bits per heavy atom. The second-order valence-corrected chi connectivity index (χ2v) is 4.35. The van der Waals surface area contributed by atoms with Crippen molar-refractivity contribution in [2.24, 2.45) is 0 Å². The maximum Gasteiger partial charge on any atom is 0.340 e. The molecule has 0 aromatic heterocycles. The van der Waals surface area contributed by atoms with Crippen LogP contribution in [0.15, 0.2) is 18.2 Å². The van der Waals surface area contributed by atoms with E-state index >= 15 is 0 Å². The van der Waals surface area contributed by atoms with E-state index in [1.807, 2.05) is 13.1 Å². The molecule has 0 aliphatic rings. The third-order valence-corrected chi connectivity index (χ3v) is 3.30. The number of anilines is 2. The van der Waals surface area contributed by atoms with Gasteiger partial charge in [0.05, 0.1) is 18.4 Å². The van der Waals surface area contributed by atoms with Crippen molar-refractivity contribution in [3.8, 4) is 0 Å². The van der Waals surface area contributed by atoms with E-state index in [-0.39, 0.29) is 5.97 Å². The molecule has 2 N–H and O–H groups in total. The van der Waals surface area contributed by atoms with E-state index in [1.54, 1.807) is 12.1 Å². The standard InChI is InChI=1S/C14H22N2O2/c1-5-11(6-2)16(3)13-8-7-10(15)9-12(13)14(17)18-4/h7-9,11H,5-6,15H2,1-4H3. The minimum absolute atomic E-state index is 0.352. The third-order valence-electron chi connectivity index (χ3n) is 3.30. The number of carbonyl (C=O) groups is 1. The van der Waals surface area contributed by atoms with E-state index in [1.165, 1.54) is 7.11 Å². The van der Waals surface area contributed by atoms with E-state index in [9.17, 15) is 4.79 Å². The van der Waals surface area contributed by atoms with Crippen LogP contribution in [0, 0.1) is 0 Å². The number of carbonyl (C=O) groups excluding carboxylic acids is 1. The fourth-order valence-corrected chi connectivity index (χ4v) is 2.17. The Hall–Kier alpha value is -1.71. The normalized spacial score (nSPS) is 10.5. The van der Waals surface area contributed by atoms with Crippen LogP contribution in [0.3, 0.4) is 0 Å². The topological polar surface area (TPSA) is 55.6 Å². The van der Waals surface area contributed by atoms with Crippen molar-refractivity contribution in [2.75, 3.05) is 24.8 Å². The lowest BCUT2D eigenvalue weighted by atomic mass is 10.1. The molecule has 18 heavy (non-hydrogen) atoms. The van der Waals surface area contributed by atoms with Gasteiger partial charge in [0.25, 0.3) is 0 Å². The lowest BCUT2D eigenvalue weighted by Gasteiger charge is -2.29. The van der Waals surface area contributed by atoms with Crippen molar-refractivity contribution >= 4 is 17.3 Å². The molecular weight excluding hydrogens is 228 g/mol. The van der Waals surface area contributed by atoms with E-state index in [0.717, 1.165) is 18.5 Å². The van der Waals surface area contributed by atoms with Crippen LogP contribution in [-0.4, -0.2) is 26.2 Å². The highest BCUT2D eigenvalue weighted by Gasteiger charge is 2.19. The minimum atomic E-state index is -0.352. The Labute approximate surface area is 109 Å². The minimum Gasteiger partial charge on any atom is -0.465 e. The van der Waals surface area contributed by atoms with Gasteiger partial charge in [-0.2, -0.15) is 0 Å². The van der Waals surface area contributed by atoms with Gasteiger partial charge in [-0.05, 0) is 31.0 Å². The van der Waals surface area contributed by atoms with Crippen molar-refractivity contribution in [3.05, 3.63) is 23.8 Å². The molecule has 1 rings (SSSR count). The highest BCUT2D eigenvalue weighted by molar-refractivity contribution is 5.97.